The van der Waals surface area contributed by atoms with E-state index in [2.05, 4.69) is 18.7 Å². The Morgan fingerprint density at radius 2 is 1.82 bits per heavy atom. The average Bonchev–Trinajstić information content (AvgIpc) is 3.35. The largest absolute Gasteiger partial charge is 0.465 e. The second kappa shape index (κ2) is 11.5. The summed E-state index contributed by atoms with van der Waals surface area (Å²) in [5, 5.41) is 9.37. The van der Waals surface area contributed by atoms with Crippen LogP contribution in [0.4, 0.5) is 11.4 Å². The molecule has 4 aliphatic heterocycles. The molecule has 5 rings (SSSR count). The monoisotopic (exact) mass is 537 g/mol. The van der Waals surface area contributed by atoms with Crippen molar-refractivity contribution >= 4 is 29.2 Å². The van der Waals surface area contributed by atoms with Crippen LogP contribution in [0.3, 0.4) is 0 Å². The number of allylic oxidation sites excluding steroid dienone is 1. The van der Waals surface area contributed by atoms with Crippen molar-refractivity contribution < 1.29 is 29.0 Å². The predicted molar refractivity (Wildman–Crippen MR) is 147 cm³/mol. The quantitative estimate of drug-likeness (QED) is 0.309. The van der Waals surface area contributed by atoms with Gasteiger partial charge < -0.3 is 29.3 Å². The van der Waals surface area contributed by atoms with E-state index >= 15 is 0 Å². The molecular weight excluding hydrogens is 498 g/mol. The van der Waals surface area contributed by atoms with Gasteiger partial charge in [0.25, 0.3) is 5.91 Å². The molecule has 9 nitrogen and oxygen atoms in total. The minimum atomic E-state index is -1.28. The molecule has 1 N–H and O–H groups in total. The number of hydrogen-bond acceptors (Lipinski definition) is 7. The fourth-order valence-electron chi connectivity index (χ4n) is 6.55. The summed E-state index contributed by atoms with van der Waals surface area (Å²) in [7, 11) is 0. The summed E-state index contributed by atoms with van der Waals surface area (Å²) in [6.45, 7) is 6.88. The zero-order valence-corrected chi connectivity index (χ0v) is 22.8. The molecule has 0 saturated carbocycles. The van der Waals surface area contributed by atoms with E-state index < -0.39 is 35.6 Å². The number of nitrogens with zero attached hydrogens (tertiary/aromatic N) is 3. The van der Waals surface area contributed by atoms with Crippen LogP contribution in [0.15, 0.2) is 48.6 Å². The third kappa shape index (κ3) is 4.76. The number of rotatable bonds is 8. The highest BCUT2D eigenvalue weighted by molar-refractivity contribution is 6.05. The molecule has 0 bridgehead atoms. The van der Waals surface area contributed by atoms with Gasteiger partial charge in [-0.15, -0.1) is 0 Å². The van der Waals surface area contributed by atoms with E-state index in [4.69, 9.17) is 9.47 Å². The van der Waals surface area contributed by atoms with Crippen molar-refractivity contribution in [3.8, 4) is 0 Å². The topological polar surface area (TPSA) is 99.6 Å². The molecule has 2 amide bonds. The van der Waals surface area contributed by atoms with Gasteiger partial charge in [0.1, 0.15) is 17.6 Å². The number of hydrogen-bond donors (Lipinski definition) is 1. The number of unbranched alkanes of at least 4 members (excludes halogenated alkanes) is 1. The zero-order valence-electron chi connectivity index (χ0n) is 22.8. The summed E-state index contributed by atoms with van der Waals surface area (Å²) in [6.07, 6.45) is 9.41. The number of amides is 2. The number of aliphatic hydroxyl groups excluding tert-OH is 1. The summed E-state index contributed by atoms with van der Waals surface area (Å²) in [4.78, 5) is 47.2. The first-order valence-electron chi connectivity index (χ1n) is 14.2. The second-order valence-corrected chi connectivity index (χ2v) is 10.6. The minimum absolute atomic E-state index is 0.00154. The Balaban J connectivity index is 1.53. The lowest BCUT2D eigenvalue weighted by Gasteiger charge is -2.35. The molecule has 1 aromatic rings. The standard InChI is InChI=1S/C30H39N3O6/c1-3-31(4-2)21-12-14-22(15-13-21)32-18-10-16-30-25(24-23(39-30)11-6-5-9-20-38-29(24)37)27(35)33(17-7-8-19-34)26(30)28(32)36/h6,10-16,23-26,34H,3-5,7-9,17-20H2,1-2H3/b11-6-/t23-,24+,25-,26?,30-/m0/s1. The van der Waals surface area contributed by atoms with Crippen molar-refractivity contribution in [3.05, 3.63) is 48.6 Å². The van der Waals surface area contributed by atoms with E-state index in [1.807, 2.05) is 48.6 Å². The highest BCUT2D eigenvalue weighted by atomic mass is 16.6. The number of ether oxygens (including phenoxy) is 2. The van der Waals surface area contributed by atoms with Crippen molar-refractivity contribution in [2.75, 3.05) is 49.2 Å². The molecule has 2 fully saturated rings. The van der Waals surface area contributed by atoms with Crippen LogP contribution in [0.25, 0.3) is 0 Å². The minimum Gasteiger partial charge on any atom is -0.465 e. The van der Waals surface area contributed by atoms with Crippen molar-refractivity contribution in [3.63, 3.8) is 0 Å². The van der Waals surface area contributed by atoms with Crippen molar-refractivity contribution in [1.82, 2.24) is 4.90 Å². The molecule has 1 unspecified atom stereocenters. The van der Waals surface area contributed by atoms with Gasteiger partial charge in [0.05, 0.1) is 18.6 Å². The molecule has 0 aromatic heterocycles. The van der Waals surface area contributed by atoms with Gasteiger partial charge >= 0.3 is 5.97 Å². The molecule has 0 aliphatic carbocycles. The SMILES string of the molecule is CCN(CC)c1ccc(N2CC=C[C@]34O[C@H]5/C=C\CCCOC(=O)[C@H]5[C@H]3C(=O)N(CCCCO)C4C2=O)cc1. The van der Waals surface area contributed by atoms with Gasteiger partial charge in [0.15, 0.2) is 0 Å². The Bertz CT molecular complexity index is 1130. The van der Waals surface area contributed by atoms with Crippen LogP contribution in [0.2, 0.25) is 0 Å². The molecule has 9 heteroatoms. The normalized spacial score (nSPS) is 31.0. The lowest BCUT2D eigenvalue weighted by molar-refractivity contribution is -0.154. The zero-order chi connectivity index (χ0) is 27.6. The van der Waals surface area contributed by atoms with E-state index in [9.17, 15) is 19.5 Å². The van der Waals surface area contributed by atoms with Crippen LogP contribution in [0, 0.1) is 11.8 Å². The maximum atomic E-state index is 14.4. The molecule has 4 aliphatic rings. The van der Waals surface area contributed by atoms with Crippen LogP contribution in [-0.4, -0.2) is 84.9 Å². The fourth-order valence-corrected chi connectivity index (χ4v) is 6.55. The fraction of sp³-hybridized carbons (Fsp3) is 0.567. The number of anilines is 2. The van der Waals surface area contributed by atoms with Crippen LogP contribution >= 0.6 is 0 Å². The van der Waals surface area contributed by atoms with Crippen molar-refractivity contribution in [1.29, 1.82) is 0 Å². The molecular formula is C30H39N3O6. The first kappa shape index (κ1) is 27.4. The van der Waals surface area contributed by atoms with Gasteiger partial charge in [-0.2, -0.15) is 0 Å². The number of carbonyl (C=O) groups is 3. The molecule has 1 aromatic carbocycles. The maximum Gasteiger partial charge on any atom is 0.312 e. The van der Waals surface area contributed by atoms with Crippen molar-refractivity contribution in [2.24, 2.45) is 11.8 Å². The molecule has 39 heavy (non-hydrogen) atoms. The Hall–Kier alpha value is -3.17. The lowest BCUT2D eigenvalue weighted by atomic mass is 9.78. The van der Waals surface area contributed by atoms with Crippen LogP contribution in [0.1, 0.15) is 39.5 Å². The number of aliphatic hydroxyl groups is 1. The molecule has 5 atom stereocenters. The number of fused-ring (bicyclic) bond motifs is 2. The first-order valence-corrected chi connectivity index (χ1v) is 14.2. The predicted octanol–water partition coefficient (Wildman–Crippen LogP) is 2.68. The van der Waals surface area contributed by atoms with Gasteiger partial charge in [0.2, 0.25) is 5.91 Å². The van der Waals surface area contributed by atoms with E-state index in [1.54, 1.807) is 9.80 Å². The Labute approximate surface area is 230 Å². The van der Waals surface area contributed by atoms with Gasteiger partial charge in [-0.3, -0.25) is 14.4 Å². The highest BCUT2D eigenvalue weighted by Crippen LogP contribution is 2.53. The van der Waals surface area contributed by atoms with E-state index in [1.165, 1.54) is 0 Å². The first-order chi connectivity index (χ1) is 19.0. The molecule has 2 saturated heterocycles. The summed E-state index contributed by atoms with van der Waals surface area (Å²) < 4.78 is 12.2. The number of esters is 1. The molecule has 4 heterocycles. The van der Waals surface area contributed by atoms with Crippen LogP contribution < -0.4 is 9.80 Å². The maximum absolute atomic E-state index is 14.4. The van der Waals surface area contributed by atoms with Crippen LogP contribution in [-0.2, 0) is 23.9 Å². The summed E-state index contributed by atoms with van der Waals surface area (Å²) in [5.74, 6) is -2.64. The number of carbonyl (C=O) groups excluding carboxylic acids is 3. The number of likely N-dealkylation sites (tertiary alicyclic amines) is 1. The van der Waals surface area contributed by atoms with Gasteiger partial charge in [-0.25, -0.2) is 0 Å². The Kier molecular flexibility index (Phi) is 8.09. The van der Waals surface area contributed by atoms with Gasteiger partial charge in [0, 0.05) is 44.2 Å². The third-order valence-corrected chi connectivity index (χ3v) is 8.45. The summed E-state index contributed by atoms with van der Waals surface area (Å²) in [6, 6.07) is 6.98. The molecule has 1 spiro atoms. The smallest absolute Gasteiger partial charge is 0.312 e. The van der Waals surface area contributed by atoms with E-state index in [0.29, 0.717) is 32.4 Å². The Morgan fingerprint density at radius 3 is 2.54 bits per heavy atom. The highest BCUT2D eigenvalue weighted by Gasteiger charge is 2.71. The van der Waals surface area contributed by atoms with Gasteiger partial charge in [-0.1, -0.05) is 24.3 Å². The van der Waals surface area contributed by atoms with Gasteiger partial charge in [-0.05, 0) is 63.8 Å². The average molecular weight is 538 g/mol. The number of benzene rings is 1. The van der Waals surface area contributed by atoms with E-state index in [0.717, 1.165) is 30.9 Å². The molecule has 0 radical (unpaired) electrons. The van der Waals surface area contributed by atoms with E-state index in [-0.39, 0.29) is 25.0 Å². The summed E-state index contributed by atoms with van der Waals surface area (Å²) >= 11 is 0. The second-order valence-electron chi connectivity index (χ2n) is 10.6. The molecule has 210 valence electrons. The lowest BCUT2D eigenvalue weighted by Crippen LogP contribution is -2.55. The third-order valence-electron chi connectivity index (χ3n) is 8.45. The van der Waals surface area contributed by atoms with Crippen molar-refractivity contribution in [2.45, 2.75) is 57.3 Å². The number of cyclic esters (lactones) is 1. The Morgan fingerprint density at radius 1 is 1.05 bits per heavy atom. The van der Waals surface area contributed by atoms with Crippen LogP contribution in [0.5, 0.6) is 0 Å². The summed E-state index contributed by atoms with van der Waals surface area (Å²) in [5.41, 5.74) is 0.543.